The molecule has 0 spiro atoms. The van der Waals surface area contributed by atoms with Crippen molar-refractivity contribution in [3.63, 3.8) is 0 Å². The van der Waals surface area contributed by atoms with Crippen LogP contribution in [-0.2, 0) is 11.2 Å². The number of fused-ring (bicyclic) bond motifs is 1. The Morgan fingerprint density at radius 3 is 2.96 bits per heavy atom. The maximum atomic E-state index is 11.8. The minimum Gasteiger partial charge on any atom is -0.353 e. The number of benzene rings is 1. The van der Waals surface area contributed by atoms with Gasteiger partial charge in [-0.25, -0.2) is 0 Å². The van der Waals surface area contributed by atoms with E-state index in [1.165, 1.54) is 0 Å². The van der Waals surface area contributed by atoms with Crippen LogP contribution in [0.1, 0.15) is 18.4 Å². The van der Waals surface area contributed by atoms with Gasteiger partial charge in [0.25, 0.3) is 0 Å². The molecule has 0 saturated heterocycles. The zero-order chi connectivity index (χ0) is 17.6. The van der Waals surface area contributed by atoms with E-state index in [1.54, 1.807) is 12.3 Å². The van der Waals surface area contributed by atoms with Gasteiger partial charge in [-0.15, -0.1) is 6.58 Å². The molecular formula is C20H20ClN3O. The Morgan fingerprint density at radius 2 is 2.20 bits per heavy atom. The van der Waals surface area contributed by atoms with Crippen molar-refractivity contribution in [1.29, 1.82) is 0 Å². The van der Waals surface area contributed by atoms with E-state index in [0.29, 0.717) is 18.0 Å². The molecule has 2 N–H and O–H groups in total. The van der Waals surface area contributed by atoms with E-state index >= 15 is 0 Å². The van der Waals surface area contributed by atoms with E-state index in [-0.39, 0.29) is 5.91 Å². The van der Waals surface area contributed by atoms with E-state index in [9.17, 15) is 4.79 Å². The molecule has 3 rings (SSSR count). The summed E-state index contributed by atoms with van der Waals surface area (Å²) in [4.78, 5) is 19.7. The largest absolute Gasteiger partial charge is 0.353 e. The second-order valence-electron chi connectivity index (χ2n) is 5.83. The Labute approximate surface area is 151 Å². The number of nitrogens with zero attached hydrogens (tertiary/aromatic N) is 1. The monoisotopic (exact) mass is 353 g/mol. The summed E-state index contributed by atoms with van der Waals surface area (Å²) in [6.45, 7) is 4.10. The first kappa shape index (κ1) is 17.2. The second kappa shape index (κ2) is 7.99. The van der Waals surface area contributed by atoms with Gasteiger partial charge in [0.05, 0.1) is 11.4 Å². The lowest BCUT2D eigenvalue weighted by atomic mass is 10.0. The first-order chi connectivity index (χ1) is 12.2. The number of H-pyrrole nitrogens is 1. The van der Waals surface area contributed by atoms with E-state index in [1.807, 2.05) is 36.4 Å². The van der Waals surface area contributed by atoms with Crippen LogP contribution in [0.4, 0.5) is 0 Å². The molecule has 2 aromatic heterocycles. The zero-order valence-electron chi connectivity index (χ0n) is 13.9. The van der Waals surface area contributed by atoms with Crippen LogP contribution in [0.15, 0.2) is 55.3 Å². The van der Waals surface area contributed by atoms with Gasteiger partial charge in [0, 0.05) is 35.1 Å². The molecule has 0 fully saturated rings. The fourth-order valence-electron chi connectivity index (χ4n) is 2.91. The molecule has 4 nitrogen and oxygen atoms in total. The van der Waals surface area contributed by atoms with Crippen molar-refractivity contribution in [2.75, 3.05) is 6.54 Å². The molecule has 0 aliphatic carbocycles. The summed E-state index contributed by atoms with van der Waals surface area (Å²) in [5.74, 6) is 0.0390. The molecule has 0 aliphatic heterocycles. The van der Waals surface area contributed by atoms with E-state index < -0.39 is 0 Å². The lowest BCUT2D eigenvalue weighted by molar-refractivity contribution is -0.120. The van der Waals surface area contributed by atoms with Gasteiger partial charge in [0.2, 0.25) is 5.91 Å². The average molecular weight is 354 g/mol. The van der Waals surface area contributed by atoms with Gasteiger partial charge in [0.1, 0.15) is 0 Å². The Hall–Kier alpha value is -2.59. The fourth-order valence-corrected chi connectivity index (χ4v) is 3.08. The van der Waals surface area contributed by atoms with E-state index in [0.717, 1.165) is 40.7 Å². The quantitative estimate of drug-likeness (QED) is 0.614. The molecule has 3 aromatic rings. The third-order valence-electron chi connectivity index (χ3n) is 4.06. The number of pyridine rings is 1. The predicted molar refractivity (Wildman–Crippen MR) is 103 cm³/mol. The number of aromatic nitrogens is 2. The summed E-state index contributed by atoms with van der Waals surface area (Å²) in [5, 5.41) is 4.59. The van der Waals surface area contributed by atoms with Crippen LogP contribution in [0, 0.1) is 0 Å². The standard InChI is InChI=1S/C20H20ClN3O/c1-2-11-23-19(25)8-5-6-15-16-13-14(21)9-10-17(16)24-20(15)18-7-3-4-12-22-18/h2-4,7,9-10,12-13,24H,1,5-6,8,11H2,(H,23,25). The number of aromatic amines is 1. The molecule has 25 heavy (non-hydrogen) atoms. The molecule has 0 aliphatic rings. The summed E-state index contributed by atoms with van der Waals surface area (Å²) in [7, 11) is 0. The van der Waals surface area contributed by atoms with Crippen molar-refractivity contribution < 1.29 is 4.79 Å². The molecular weight excluding hydrogens is 334 g/mol. The van der Waals surface area contributed by atoms with Crippen LogP contribution in [0.25, 0.3) is 22.3 Å². The molecule has 1 aromatic carbocycles. The Bertz CT molecular complexity index is 887. The van der Waals surface area contributed by atoms with Gasteiger partial charge in [-0.3, -0.25) is 9.78 Å². The van der Waals surface area contributed by atoms with Gasteiger partial charge in [-0.05, 0) is 48.7 Å². The van der Waals surface area contributed by atoms with Crippen LogP contribution >= 0.6 is 11.6 Å². The first-order valence-electron chi connectivity index (χ1n) is 8.28. The van der Waals surface area contributed by atoms with Crippen molar-refractivity contribution in [1.82, 2.24) is 15.3 Å². The van der Waals surface area contributed by atoms with Crippen molar-refractivity contribution in [2.45, 2.75) is 19.3 Å². The maximum absolute atomic E-state index is 11.8. The third-order valence-corrected chi connectivity index (χ3v) is 4.30. The molecule has 2 heterocycles. The molecule has 0 unspecified atom stereocenters. The number of hydrogen-bond donors (Lipinski definition) is 2. The van der Waals surface area contributed by atoms with Crippen molar-refractivity contribution >= 4 is 28.4 Å². The molecule has 0 radical (unpaired) electrons. The third kappa shape index (κ3) is 4.09. The lowest BCUT2D eigenvalue weighted by Crippen LogP contribution is -2.22. The van der Waals surface area contributed by atoms with Gasteiger partial charge in [-0.2, -0.15) is 0 Å². The molecule has 5 heteroatoms. The normalized spacial score (nSPS) is 10.8. The summed E-state index contributed by atoms with van der Waals surface area (Å²) in [6, 6.07) is 11.7. The number of halogens is 1. The summed E-state index contributed by atoms with van der Waals surface area (Å²) in [5.41, 5.74) is 4.05. The summed E-state index contributed by atoms with van der Waals surface area (Å²) < 4.78 is 0. The molecule has 128 valence electrons. The number of carbonyl (C=O) groups is 1. The highest BCUT2D eigenvalue weighted by Gasteiger charge is 2.14. The number of rotatable bonds is 7. The molecule has 1 amide bonds. The lowest BCUT2D eigenvalue weighted by Gasteiger charge is -2.06. The van der Waals surface area contributed by atoms with Gasteiger partial charge >= 0.3 is 0 Å². The number of aryl methyl sites for hydroxylation is 1. The number of amides is 1. The second-order valence-corrected chi connectivity index (χ2v) is 6.27. The van der Waals surface area contributed by atoms with E-state index in [4.69, 9.17) is 11.6 Å². The van der Waals surface area contributed by atoms with Gasteiger partial charge < -0.3 is 10.3 Å². The number of carbonyl (C=O) groups excluding carboxylic acids is 1. The number of nitrogens with one attached hydrogen (secondary N) is 2. The average Bonchev–Trinajstić information content (AvgIpc) is 2.98. The molecule has 0 atom stereocenters. The molecule has 0 saturated carbocycles. The highest BCUT2D eigenvalue weighted by atomic mass is 35.5. The highest BCUT2D eigenvalue weighted by molar-refractivity contribution is 6.31. The summed E-state index contributed by atoms with van der Waals surface area (Å²) in [6.07, 6.45) is 5.46. The smallest absolute Gasteiger partial charge is 0.220 e. The van der Waals surface area contributed by atoms with Crippen LogP contribution in [0.5, 0.6) is 0 Å². The summed E-state index contributed by atoms with van der Waals surface area (Å²) >= 11 is 6.18. The Kier molecular flexibility index (Phi) is 5.51. The zero-order valence-corrected chi connectivity index (χ0v) is 14.6. The first-order valence-corrected chi connectivity index (χ1v) is 8.66. The van der Waals surface area contributed by atoms with Gasteiger partial charge in [0.15, 0.2) is 0 Å². The Balaban J connectivity index is 1.87. The predicted octanol–water partition coefficient (Wildman–Crippen LogP) is 4.51. The number of hydrogen-bond acceptors (Lipinski definition) is 2. The van der Waals surface area contributed by atoms with Crippen molar-refractivity contribution in [3.05, 3.63) is 65.8 Å². The van der Waals surface area contributed by atoms with Crippen molar-refractivity contribution in [2.24, 2.45) is 0 Å². The minimum absolute atomic E-state index is 0.0390. The van der Waals surface area contributed by atoms with Crippen LogP contribution in [0.2, 0.25) is 5.02 Å². The SMILES string of the molecule is C=CCNC(=O)CCCc1c(-c2ccccn2)[nH]c2ccc(Cl)cc12. The molecule has 0 bridgehead atoms. The van der Waals surface area contributed by atoms with E-state index in [2.05, 4.69) is 21.9 Å². The van der Waals surface area contributed by atoms with Crippen LogP contribution in [0.3, 0.4) is 0 Å². The van der Waals surface area contributed by atoms with Crippen molar-refractivity contribution in [3.8, 4) is 11.4 Å². The highest BCUT2D eigenvalue weighted by Crippen LogP contribution is 2.32. The van der Waals surface area contributed by atoms with Gasteiger partial charge in [-0.1, -0.05) is 23.7 Å². The maximum Gasteiger partial charge on any atom is 0.220 e. The van der Waals surface area contributed by atoms with Crippen LogP contribution in [-0.4, -0.2) is 22.4 Å². The topological polar surface area (TPSA) is 57.8 Å². The Morgan fingerprint density at radius 1 is 1.32 bits per heavy atom. The fraction of sp³-hybridized carbons (Fsp3) is 0.200. The minimum atomic E-state index is 0.0390. The van der Waals surface area contributed by atoms with Crippen LogP contribution < -0.4 is 5.32 Å².